The first-order chi connectivity index (χ1) is 17.4. The maximum Gasteiger partial charge on any atom is 0.284 e. The fourth-order valence-corrected chi connectivity index (χ4v) is 5.61. The second kappa shape index (κ2) is 11.3. The first-order valence-corrected chi connectivity index (χ1v) is 13.2. The van der Waals surface area contributed by atoms with Gasteiger partial charge in [0.2, 0.25) is 0 Å². The second-order valence-electron chi connectivity index (χ2n) is 7.66. The normalized spacial score (nSPS) is 15.9. The van der Waals surface area contributed by atoms with Crippen LogP contribution in [0, 0.1) is 0 Å². The summed E-state index contributed by atoms with van der Waals surface area (Å²) in [6.07, 6.45) is 3.19. The fourth-order valence-electron chi connectivity index (χ4n) is 3.39. The average molecular weight is 521 g/mol. The van der Waals surface area contributed by atoms with Gasteiger partial charge in [-0.15, -0.1) is 11.0 Å². The van der Waals surface area contributed by atoms with Crippen LogP contribution in [0.25, 0.3) is 6.08 Å². The van der Waals surface area contributed by atoms with Crippen LogP contribution in [-0.4, -0.2) is 38.0 Å². The van der Waals surface area contributed by atoms with Crippen LogP contribution in [0.4, 0.5) is 0 Å². The van der Waals surface area contributed by atoms with Crippen LogP contribution in [0.15, 0.2) is 106 Å². The third-order valence-corrected chi connectivity index (χ3v) is 7.57. The molecule has 0 aromatic heterocycles. The largest absolute Gasteiger partial charge is 0.493 e. The van der Waals surface area contributed by atoms with Crippen molar-refractivity contribution < 1.29 is 22.7 Å². The van der Waals surface area contributed by atoms with Crippen molar-refractivity contribution in [1.82, 2.24) is 4.90 Å². The molecule has 9 heteroatoms. The Labute approximate surface area is 214 Å². The van der Waals surface area contributed by atoms with Crippen molar-refractivity contribution >= 4 is 38.9 Å². The van der Waals surface area contributed by atoms with Crippen molar-refractivity contribution in [3.63, 3.8) is 0 Å². The molecule has 36 heavy (non-hydrogen) atoms. The first-order valence-electron chi connectivity index (χ1n) is 11.0. The number of nitrogens with zero attached hydrogens (tertiary/aromatic N) is 2. The summed E-state index contributed by atoms with van der Waals surface area (Å²) in [4.78, 5) is 14.7. The monoisotopic (exact) mass is 520 g/mol. The Kier molecular flexibility index (Phi) is 7.92. The van der Waals surface area contributed by atoms with E-state index >= 15 is 0 Å². The van der Waals surface area contributed by atoms with E-state index in [9.17, 15) is 13.2 Å². The smallest absolute Gasteiger partial charge is 0.284 e. The Bertz CT molecular complexity index is 1420. The lowest BCUT2D eigenvalue weighted by molar-refractivity contribution is -0.121. The molecule has 3 aromatic rings. The number of rotatable bonds is 9. The minimum absolute atomic E-state index is 0.0531. The van der Waals surface area contributed by atoms with E-state index in [2.05, 4.69) is 11.0 Å². The zero-order valence-corrected chi connectivity index (χ0v) is 21.2. The number of carbonyl (C=O) groups excluding carboxylic acids is 1. The Morgan fingerprint density at radius 1 is 1.00 bits per heavy atom. The van der Waals surface area contributed by atoms with E-state index in [0.717, 1.165) is 17.3 Å². The van der Waals surface area contributed by atoms with Gasteiger partial charge in [-0.2, -0.15) is 8.42 Å². The number of benzene rings is 3. The number of amidine groups is 1. The van der Waals surface area contributed by atoms with Crippen molar-refractivity contribution in [2.45, 2.75) is 11.5 Å². The van der Waals surface area contributed by atoms with Gasteiger partial charge in [0.25, 0.3) is 15.9 Å². The molecule has 0 radical (unpaired) electrons. The van der Waals surface area contributed by atoms with E-state index in [0.29, 0.717) is 28.6 Å². The first kappa shape index (κ1) is 25.3. The Balaban J connectivity index is 1.59. The van der Waals surface area contributed by atoms with Gasteiger partial charge >= 0.3 is 0 Å². The molecule has 0 spiro atoms. The van der Waals surface area contributed by atoms with Gasteiger partial charge in [0.15, 0.2) is 16.7 Å². The maximum absolute atomic E-state index is 13.1. The summed E-state index contributed by atoms with van der Waals surface area (Å²) in [5, 5.41) is 0.0739. The molecule has 1 fully saturated rings. The molecular formula is C27H24N2O5S2. The Hall–Kier alpha value is -3.82. The van der Waals surface area contributed by atoms with Crippen LogP contribution < -0.4 is 9.47 Å². The third-order valence-electron chi connectivity index (χ3n) is 5.16. The summed E-state index contributed by atoms with van der Waals surface area (Å²) in [7, 11) is -2.44. The minimum Gasteiger partial charge on any atom is -0.493 e. The highest BCUT2D eigenvalue weighted by Gasteiger charge is 2.34. The molecule has 1 heterocycles. The lowest BCUT2D eigenvalue weighted by Gasteiger charge is -2.12. The Morgan fingerprint density at radius 2 is 1.69 bits per heavy atom. The van der Waals surface area contributed by atoms with E-state index in [-0.39, 0.29) is 22.5 Å². The Morgan fingerprint density at radius 3 is 2.36 bits per heavy atom. The van der Waals surface area contributed by atoms with Gasteiger partial charge < -0.3 is 9.47 Å². The lowest BCUT2D eigenvalue weighted by atomic mass is 10.1. The highest BCUT2D eigenvalue weighted by Crippen LogP contribution is 2.35. The quantitative estimate of drug-likeness (QED) is 0.288. The van der Waals surface area contributed by atoms with Gasteiger partial charge in [-0.3, -0.25) is 9.69 Å². The van der Waals surface area contributed by atoms with Crippen molar-refractivity contribution in [3.8, 4) is 11.5 Å². The van der Waals surface area contributed by atoms with Gasteiger partial charge in [-0.05, 0) is 53.2 Å². The van der Waals surface area contributed by atoms with Crippen LogP contribution in [0.2, 0.25) is 0 Å². The zero-order chi connectivity index (χ0) is 25.5. The van der Waals surface area contributed by atoms with Crippen LogP contribution in [-0.2, 0) is 21.4 Å². The summed E-state index contributed by atoms with van der Waals surface area (Å²) in [6, 6.07) is 23.0. The second-order valence-corrected chi connectivity index (χ2v) is 10.3. The molecule has 0 saturated carbocycles. The molecule has 7 nitrogen and oxygen atoms in total. The predicted molar refractivity (Wildman–Crippen MR) is 142 cm³/mol. The van der Waals surface area contributed by atoms with Crippen LogP contribution in [0.5, 0.6) is 11.5 Å². The summed E-state index contributed by atoms with van der Waals surface area (Å²) in [5.74, 6) is 0.725. The van der Waals surface area contributed by atoms with Gasteiger partial charge in [0, 0.05) is 6.54 Å². The molecular weight excluding hydrogens is 496 g/mol. The van der Waals surface area contributed by atoms with E-state index < -0.39 is 10.0 Å². The molecule has 0 N–H and O–H groups in total. The zero-order valence-electron chi connectivity index (χ0n) is 19.5. The van der Waals surface area contributed by atoms with Gasteiger partial charge in [-0.1, -0.05) is 60.7 Å². The lowest BCUT2D eigenvalue weighted by Crippen LogP contribution is -2.29. The highest BCUT2D eigenvalue weighted by molar-refractivity contribution is 8.19. The molecule has 0 atom stereocenters. The van der Waals surface area contributed by atoms with Crippen LogP contribution in [0.3, 0.4) is 0 Å². The summed E-state index contributed by atoms with van der Waals surface area (Å²) in [6.45, 7) is 4.18. The average Bonchev–Trinajstić information content (AvgIpc) is 3.17. The van der Waals surface area contributed by atoms with Gasteiger partial charge in [-0.25, -0.2) is 0 Å². The van der Waals surface area contributed by atoms with E-state index in [1.165, 1.54) is 23.1 Å². The number of hydrogen-bond acceptors (Lipinski definition) is 6. The SMILES string of the molecule is C=CCN1C(=O)C(=Cc2ccc(OCc3ccccc3)c(OC)c2)SC1=NS(=O)(=O)c1ccccc1. The summed E-state index contributed by atoms with van der Waals surface area (Å²) < 4.78 is 40.9. The molecule has 0 aliphatic carbocycles. The van der Waals surface area contributed by atoms with Gasteiger partial charge in [0.05, 0.1) is 16.9 Å². The van der Waals surface area contributed by atoms with Crippen LogP contribution >= 0.6 is 11.8 Å². The number of amides is 1. The van der Waals surface area contributed by atoms with E-state index in [4.69, 9.17) is 9.47 Å². The standard InChI is InChI=1S/C27H24N2O5S2/c1-3-16-29-26(30)25(35-27(29)28-36(31,32)22-12-8-5-9-13-22)18-21-14-15-23(24(17-21)33-2)34-19-20-10-6-4-7-11-20/h3-15,17-18H,1,16,19H2,2H3. The number of ether oxygens (including phenoxy) is 2. The van der Waals surface area contributed by atoms with E-state index in [1.807, 2.05) is 30.3 Å². The van der Waals surface area contributed by atoms with Crippen molar-refractivity contribution in [2.75, 3.05) is 13.7 Å². The third kappa shape index (κ3) is 5.87. The molecule has 184 valence electrons. The predicted octanol–water partition coefficient (Wildman–Crippen LogP) is 5.12. The number of sulfonamides is 1. The summed E-state index contributed by atoms with van der Waals surface area (Å²) >= 11 is 0.997. The van der Waals surface area contributed by atoms with Crippen LogP contribution in [0.1, 0.15) is 11.1 Å². The molecule has 3 aromatic carbocycles. The highest BCUT2D eigenvalue weighted by atomic mass is 32.2. The molecule has 1 aliphatic heterocycles. The molecule has 0 bridgehead atoms. The molecule has 4 rings (SSSR count). The molecule has 0 unspecified atom stereocenters. The molecule has 1 saturated heterocycles. The molecule has 1 aliphatic rings. The number of methoxy groups -OCH3 is 1. The van der Waals surface area contributed by atoms with Crippen molar-refractivity contribution in [3.05, 3.63) is 108 Å². The number of carbonyl (C=O) groups is 1. The summed E-state index contributed by atoms with van der Waals surface area (Å²) in [5.41, 5.74) is 1.72. The van der Waals surface area contributed by atoms with Gasteiger partial charge in [0.1, 0.15) is 6.61 Å². The maximum atomic E-state index is 13.1. The fraction of sp³-hybridized carbons (Fsp3) is 0.111. The van der Waals surface area contributed by atoms with E-state index in [1.54, 1.807) is 49.6 Å². The van der Waals surface area contributed by atoms with Crippen molar-refractivity contribution in [1.29, 1.82) is 0 Å². The topological polar surface area (TPSA) is 85.3 Å². The minimum atomic E-state index is -3.99. The number of hydrogen-bond donors (Lipinski definition) is 0. The number of thioether (sulfide) groups is 1. The van der Waals surface area contributed by atoms with Crippen molar-refractivity contribution in [2.24, 2.45) is 4.40 Å². The molecule has 1 amide bonds.